The van der Waals surface area contributed by atoms with E-state index in [1.165, 1.54) is 16.7 Å². The molecule has 2 aromatic carbocycles. The Bertz CT molecular complexity index is 445. The monoisotopic (exact) mass is 226 g/mol. The molecule has 1 unspecified atom stereocenters. The zero-order valence-corrected chi connectivity index (χ0v) is 10.1. The Hall–Kier alpha value is -1.60. The third kappa shape index (κ3) is 2.95. The van der Waals surface area contributed by atoms with E-state index in [-0.39, 0.29) is 6.61 Å². The molecule has 0 heterocycles. The van der Waals surface area contributed by atoms with Crippen molar-refractivity contribution in [2.24, 2.45) is 0 Å². The van der Waals surface area contributed by atoms with Crippen LogP contribution < -0.4 is 0 Å². The van der Waals surface area contributed by atoms with Gasteiger partial charge in [-0.2, -0.15) is 0 Å². The molecule has 0 saturated heterocycles. The van der Waals surface area contributed by atoms with Gasteiger partial charge in [0.1, 0.15) is 0 Å². The minimum Gasteiger partial charge on any atom is -0.396 e. The van der Waals surface area contributed by atoms with E-state index < -0.39 is 0 Å². The fourth-order valence-electron chi connectivity index (χ4n) is 2.00. The van der Waals surface area contributed by atoms with Gasteiger partial charge in [0.15, 0.2) is 0 Å². The van der Waals surface area contributed by atoms with Crippen LogP contribution >= 0.6 is 0 Å². The quantitative estimate of drug-likeness (QED) is 0.839. The summed E-state index contributed by atoms with van der Waals surface area (Å²) in [4.78, 5) is 0. The second-order valence-corrected chi connectivity index (χ2v) is 4.40. The summed E-state index contributed by atoms with van der Waals surface area (Å²) in [5.41, 5.74) is 3.78. The lowest BCUT2D eigenvalue weighted by molar-refractivity contribution is 0.278. The van der Waals surface area contributed by atoms with Crippen LogP contribution in [0.5, 0.6) is 0 Å². The average Bonchev–Trinajstić information content (AvgIpc) is 2.40. The van der Waals surface area contributed by atoms with Gasteiger partial charge in [0, 0.05) is 6.61 Å². The molecule has 17 heavy (non-hydrogen) atoms. The molecular formula is C16H18O. The molecule has 1 N–H and O–H groups in total. The maximum absolute atomic E-state index is 8.93. The third-order valence-electron chi connectivity index (χ3n) is 3.15. The molecule has 1 heteroatoms. The molecule has 0 fully saturated rings. The number of rotatable bonds is 4. The van der Waals surface area contributed by atoms with E-state index in [1.807, 2.05) is 6.07 Å². The predicted molar refractivity (Wildman–Crippen MR) is 72.0 cm³/mol. The Morgan fingerprint density at radius 2 is 1.47 bits per heavy atom. The van der Waals surface area contributed by atoms with Crippen molar-refractivity contribution in [2.45, 2.75) is 19.3 Å². The van der Waals surface area contributed by atoms with Crippen LogP contribution in [-0.4, -0.2) is 11.7 Å². The van der Waals surface area contributed by atoms with Gasteiger partial charge in [0.25, 0.3) is 0 Å². The number of benzene rings is 2. The lowest BCUT2D eigenvalue weighted by Gasteiger charge is -2.10. The zero-order valence-electron chi connectivity index (χ0n) is 10.1. The molecule has 88 valence electrons. The normalized spacial score (nSPS) is 12.4. The molecule has 0 aliphatic rings. The van der Waals surface area contributed by atoms with E-state index in [9.17, 15) is 0 Å². The predicted octanol–water partition coefficient (Wildman–Crippen LogP) is 3.84. The number of aliphatic hydroxyl groups excluding tert-OH is 1. The van der Waals surface area contributed by atoms with Gasteiger partial charge >= 0.3 is 0 Å². The Kier molecular flexibility index (Phi) is 3.94. The summed E-state index contributed by atoms with van der Waals surface area (Å²) in [7, 11) is 0. The van der Waals surface area contributed by atoms with E-state index in [2.05, 4.69) is 55.5 Å². The first-order valence-electron chi connectivity index (χ1n) is 6.07. The van der Waals surface area contributed by atoms with Gasteiger partial charge in [0.2, 0.25) is 0 Å². The van der Waals surface area contributed by atoms with Crippen molar-refractivity contribution < 1.29 is 5.11 Å². The summed E-state index contributed by atoms with van der Waals surface area (Å²) in [6, 6.07) is 19.0. The SMILES string of the molecule is CC(CCO)c1ccc(-c2ccccc2)cc1. The maximum atomic E-state index is 8.93. The van der Waals surface area contributed by atoms with Crippen molar-refractivity contribution in [1.82, 2.24) is 0 Å². The molecule has 0 aromatic heterocycles. The van der Waals surface area contributed by atoms with Crippen LogP contribution in [0.4, 0.5) is 0 Å². The van der Waals surface area contributed by atoms with Crippen molar-refractivity contribution >= 4 is 0 Å². The number of hydrogen-bond donors (Lipinski definition) is 1. The summed E-state index contributed by atoms with van der Waals surface area (Å²) < 4.78 is 0. The smallest absolute Gasteiger partial charge is 0.0436 e. The molecule has 0 radical (unpaired) electrons. The minimum absolute atomic E-state index is 0.252. The highest BCUT2D eigenvalue weighted by Gasteiger charge is 2.04. The summed E-state index contributed by atoms with van der Waals surface area (Å²) in [5.74, 6) is 0.421. The molecule has 1 atom stereocenters. The first-order valence-corrected chi connectivity index (χ1v) is 6.07. The van der Waals surface area contributed by atoms with Crippen molar-refractivity contribution in [2.75, 3.05) is 6.61 Å². The second-order valence-electron chi connectivity index (χ2n) is 4.40. The largest absolute Gasteiger partial charge is 0.396 e. The molecule has 0 aliphatic carbocycles. The van der Waals surface area contributed by atoms with E-state index >= 15 is 0 Å². The maximum Gasteiger partial charge on any atom is 0.0436 e. The first-order chi connectivity index (χ1) is 8.31. The van der Waals surface area contributed by atoms with Crippen LogP contribution in [-0.2, 0) is 0 Å². The van der Waals surface area contributed by atoms with Crippen LogP contribution in [0.3, 0.4) is 0 Å². The van der Waals surface area contributed by atoms with Gasteiger partial charge < -0.3 is 5.11 Å². The van der Waals surface area contributed by atoms with E-state index in [1.54, 1.807) is 0 Å². The van der Waals surface area contributed by atoms with Crippen LogP contribution in [0.2, 0.25) is 0 Å². The molecular weight excluding hydrogens is 208 g/mol. The molecule has 0 aliphatic heterocycles. The van der Waals surface area contributed by atoms with Gasteiger partial charge in [-0.15, -0.1) is 0 Å². The topological polar surface area (TPSA) is 20.2 Å². The Labute approximate surface area is 103 Å². The number of hydrogen-bond acceptors (Lipinski definition) is 1. The zero-order chi connectivity index (χ0) is 12.1. The van der Waals surface area contributed by atoms with Gasteiger partial charge in [-0.3, -0.25) is 0 Å². The first kappa shape index (κ1) is 11.9. The molecule has 0 bridgehead atoms. The minimum atomic E-state index is 0.252. The lowest BCUT2D eigenvalue weighted by atomic mass is 9.95. The lowest BCUT2D eigenvalue weighted by Crippen LogP contribution is -1.96. The molecule has 2 rings (SSSR count). The summed E-state index contributed by atoms with van der Waals surface area (Å²) >= 11 is 0. The van der Waals surface area contributed by atoms with Crippen LogP contribution in [0.25, 0.3) is 11.1 Å². The van der Waals surface area contributed by atoms with Crippen molar-refractivity contribution in [1.29, 1.82) is 0 Å². The standard InChI is InChI=1S/C16H18O/c1-13(11-12-17)14-7-9-16(10-8-14)15-5-3-2-4-6-15/h2-10,13,17H,11-12H2,1H3. The van der Waals surface area contributed by atoms with Crippen molar-refractivity contribution in [3.05, 3.63) is 60.2 Å². The molecule has 0 amide bonds. The molecule has 2 aromatic rings. The van der Waals surface area contributed by atoms with Gasteiger partial charge in [-0.05, 0) is 29.0 Å². The molecule has 0 spiro atoms. The Balaban J connectivity index is 2.19. The fraction of sp³-hybridized carbons (Fsp3) is 0.250. The third-order valence-corrected chi connectivity index (χ3v) is 3.15. The van der Waals surface area contributed by atoms with E-state index in [0.29, 0.717) is 5.92 Å². The fourth-order valence-corrected chi connectivity index (χ4v) is 2.00. The van der Waals surface area contributed by atoms with Crippen LogP contribution in [0, 0.1) is 0 Å². The summed E-state index contributed by atoms with van der Waals surface area (Å²) in [5, 5.41) is 8.93. The van der Waals surface area contributed by atoms with E-state index in [4.69, 9.17) is 5.11 Å². The van der Waals surface area contributed by atoms with Gasteiger partial charge in [-0.1, -0.05) is 61.5 Å². The second kappa shape index (κ2) is 5.65. The van der Waals surface area contributed by atoms with Crippen molar-refractivity contribution in [3.8, 4) is 11.1 Å². The Morgan fingerprint density at radius 3 is 2.06 bits per heavy atom. The van der Waals surface area contributed by atoms with Crippen LogP contribution in [0.15, 0.2) is 54.6 Å². The highest BCUT2D eigenvalue weighted by Crippen LogP contribution is 2.23. The highest BCUT2D eigenvalue weighted by atomic mass is 16.3. The average molecular weight is 226 g/mol. The Morgan fingerprint density at radius 1 is 0.882 bits per heavy atom. The molecule has 1 nitrogen and oxygen atoms in total. The van der Waals surface area contributed by atoms with Crippen LogP contribution in [0.1, 0.15) is 24.8 Å². The molecule has 0 saturated carbocycles. The van der Waals surface area contributed by atoms with Gasteiger partial charge in [0.05, 0.1) is 0 Å². The summed E-state index contributed by atoms with van der Waals surface area (Å²) in [6.07, 6.45) is 0.824. The van der Waals surface area contributed by atoms with Crippen molar-refractivity contribution in [3.63, 3.8) is 0 Å². The highest BCUT2D eigenvalue weighted by molar-refractivity contribution is 5.63. The van der Waals surface area contributed by atoms with Gasteiger partial charge in [-0.25, -0.2) is 0 Å². The summed E-state index contributed by atoms with van der Waals surface area (Å²) in [6.45, 7) is 2.40. The van der Waals surface area contributed by atoms with E-state index in [0.717, 1.165) is 6.42 Å². The number of aliphatic hydroxyl groups is 1.